The third-order valence-electron chi connectivity index (χ3n) is 2.18. The van der Waals surface area contributed by atoms with Crippen molar-refractivity contribution < 1.29 is 0 Å². The Hall–Kier alpha value is -1.17. The highest BCUT2D eigenvalue weighted by atomic mass is 32.1. The summed E-state index contributed by atoms with van der Waals surface area (Å²) in [5, 5.41) is 6.86. The van der Waals surface area contributed by atoms with E-state index in [0.717, 1.165) is 11.3 Å². The third-order valence-corrected chi connectivity index (χ3v) is 4.80. The van der Waals surface area contributed by atoms with Gasteiger partial charge in [0.1, 0.15) is 0 Å². The predicted molar refractivity (Wildman–Crippen MR) is 73.2 cm³/mol. The number of thiophene rings is 2. The number of hydrogen-bond acceptors (Lipinski definition) is 5. The van der Waals surface area contributed by atoms with Gasteiger partial charge in [-0.05, 0) is 22.9 Å². The molecule has 0 aliphatic rings. The lowest BCUT2D eigenvalue weighted by atomic mass is 10.2. The number of rotatable bonds is 2. The van der Waals surface area contributed by atoms with Gasteiger partial charge in [-0.15, -0.1) is 11.3 Å². The number of hydrogen-bond donors (Lipinski definition) is 1. The van der Waals surface area contributed by atoms with Crippen LogP contribution in [0.1, 0.15) is 0 Å². The molecule has 0 saturated carbocycles. The van der Waals surface area contributed by atoms with E-state index in [9.17, 15) is 0 Å². The van der Waals surface area contributed by atoms with Crippen LogP contribution in [0, 0.1) is 0 Å². The minimum atomic E-state index is 0.629. The number of nitrogen functional groups attached to an aromatic ring is 1. The molecular formula is C11H8N2S3. The Morgan fingerprint density at radius 2 is 2.12 bits per heavy atom. The maximum Gasteiger partial charge on any atom is 0.181 e. The van der Waals surface area contributed by atoms with E-state index in [1.807, 2.05) is 6.07 Å². The summed E-state index contributed by atoms with van der Waals surface area (Å²) >= 11 is 4.95. The molecule has 2 N–H and O–H groups in total. The molecule has 80 valence electrons. The smallest absolute Gasteiger partial charge is 0.181 e. The molecule has 0 spiro atoms. The fourth-order valence-electron chi connectivity index (χ4n) is 1.51. The Kier molecular flexibility index (Phi) is 2.51. The van der Waals surface area contributed by atoms with Crippen LogP contribution in [0.4, 0.5) is 5.13 Å². The van der Waals surface area contributed by atoms with Crippen LogP contribution in [0.15, 0.2) is 34.3 Å². The maximum absolute atomic E-state index is 5.81. The van der Waals surface area contributed by atoms with Gasteiger partial charge in [0.2, 0.25) is 0 Å². The molecule has 3 heterocycles. The third kappa shape index (κ3) is 1.67. The van der Waals surface area contributed by atoms with Crippen molar-refractivity contribution in [2.24, 2.45) is 0 Å². The number of nitrogens with two attached hydrogens (primary N) is 1. The van der Waals surface area contributed by atoms with Crippen LogP contribution in [-0.2, 0) is 0 Å². The first-order chi connectivity index (χ1) is 7.84. The van der Waals surface area contributed by atoms with Crippen LogP contribution in [0.3, 0.4) is 0 Å². The number of thiazole rings is 1. The standard InChI is InChI=1S/C11H8N2S3/c12-11-13-9(7-3-5-14-6-7)10(16-11)8-2-1-4-15-8/h1-6H,(H2,12,13). The molecule has 0 aliphatic carbocycles. The van der Waals surface area contributed by atoms with E-state index in [1.165, 1.54) is 9.75 Å². The van der Waals surface area contributed by atoms with E-state index < -0.39 is 0 Å². The molecule has 0 aliphatic heterocycles. The fourth-order valence-corrected chi connectivity index (χ4v) is 3.86. The first-order valence-electron chi connectivity index (χ1n) is 4.67. The molecule has 3 aromatic rings. The first kappa shape index (κ1) is 10.0. The molecule has 2 nitrogen and oxygen atoms in total. The largest absolute Gasteiger partial charge is 0.375 e. The number of nitrogens with zero attached hydrogens (tertiary/aromatic N) is 1. The normalized spacial score (nSPS) is 10.8. The van der Waals surface area contributed by atoms with E-state index in [2.05, 4.69) is 33.3 Å². The summed E-state index contributed by atoms with van der Waals surface area (Å²) < 4.78 is 0. The highest BCUT2D eigenvalue weighted by Crippen LogP contribution is 2.40. The topological polar surface area (TPSA) is 38.9 Å². The van der Waals surface area contributed by atoms with Crippen LogP contribution in [0.5, 0.6) is 0 Å². The van der Waals surface area contributed by atoms with Crippen molar-refractivity contribution in [3.05, 3.63) is 34.3 Å². The van der Waals surface area contributed by atoms with Crippen molar-refractivity contribution in [1.82, 2.24) is 4.98 Å². The van der Waals surface area contributed by atoms with Crippen molar-refractivity contribution in [2.45, 2.75) is 0 Å². The molecule has 0 bridgehead atoms. The molecule has 0 aromatic carbocycles. The Morgan fingerprint density at radius 3 is 2.81 bits per heavy atom. The van der Waals surface area contributed by atoms with Gasteiger partial charge in [0.15, 0.2) is 5.13 Å². The summed E-state index contributed by atoms with van der Waals surface area (Å²) in [5.41, 5.74) is 7.97. The SMILES string of the molecule is Nc1nc(-c2ccsc2)c(-c2cccs2)s1. The van der Waals surface area contributed by atoms with E-state index in [-0.39, 0.29) is 0 Å². The van der Waals surface area contributed by atoms with Crippen LogP contribution in [-0.4, -0.2) is 4.98 Å². The second-order valence-corrected chi connectivity index (χ2v) is 5.98. The molecule has 3 aromatic heterocycles. The van der Waals surface area contributed by atoms with Crippen LogP contribution in [0.2, 0.25) is 0 Å². The lowest BCUT2D eigenvalue weighted by molar-refractivity contribution is 1.42. The Balaban J connectivity index is 2.19. The molecule has 0 radical (unpaired) electrons. The van der Waals surface area contributed by atoms with E-state index in [0.29, 0.717) is 5.13 Å². The molecule has 0 saturated heterocycles. The summed E-state index contributed by atoms with van der Waals surface area (Å²) in [6, 6.07) is 6.23. The molecule has 0 unspecified atom stereocenters. The van der Waals surface area contributed by atoms with E-state index in [1.54, 1.807) is 34.0 Å². The van der Waals surface area contributed by atoms with Crippen molar-refractivity contribution in [1.29, 1.82) is 0 Å². The highest BCUT2D eigenvalue weighted by molar-refractivity contribution is 7.23. The number of anilines is 1. The zero-order chi connectivity index (χ0) is 11.0. The molecule has 16 heavy (non-hydrogen) atoms. The fraction of sp³-hybridized carbons (Fsp3) is 0. The average molecular weight is 264 g/mol. The van der Waals surface area contributed by atoms with Crippen LogP contribution in [0.25, 0.3) is 21.0 Å². The summed E-state index contributed by atoms with van der Waals surface area (Å²) in [5.74, 6) is 0. The number of aromatic nitrogens is 1. The van der Waals surface area contributed by atoms with Gasteiger partial charge >= 0.3 is 0 Å². The van der Waals surface area contributed by atoms with Gasteiger partial charge in [-0.25, -0.2) is 4.98 Å². The van der Waals surface area contributed by atoms with Crippen molar-refractivity contribution >= 4 is 39.1 Å². The summed E-state index contributed by atoms with van der Waals surface area (Å²) in [6.07, 6.45) is 0. The minimum Gasteiger partial charge on any atom is -0.375 e. The van der Waals surface area contributed by atoms with Gasteiger partial charge in [-0.3, -0.25) is 0 Å². The second kappa shape index (κ2) is 4.01. The molecule has 0 amide bonds. The second-order valence-electron chi connectivity index (χ2n) is 3.22. The molecule has 0 fully saturated rings. The van der Waals surface area contributed by atoms with Crippen LogP contribution >= 0.6 is 34.0 Å². The van der Waals surface area contributed by atoms with E-state index in [4.69, 9.17) is 5.73 Å². The zero-order valence-electron chi connectivity index (χ0n) is 8.21. The van der Waals surface area contributed by atoms with E-state index >= 15 is 0 Å². The van der Waals surface area contributed by atoms with Crippen molar-refractivity contribution in [3.8, 4) is 21.0 Å². The monoisotopic (exact) mass is 264 g/mol. The van der Waals surface area contributed by atoms with Crippen LogP contribution < -0.4 is 5.73 Å². The van der Waals surface area contributed by atoms with Gasteiger partial charge < -0.3 is 5.73 Å². The Bertz CT molecular complexity index is 527. The summed E-state index contributed by atoms with van der Waals surface area (Å²) in [6.45, 7) is 0. The Labute approximate surface area is 105 Å². The molecule has 3 rings (SSSR count). The molecular weight excluding hydrogens is 256 g/mol. The predicted octanol–water partition coefficient (Wildman–Crippen LogP) is 4.18. The van der Waals surface area contributed by atoms with Crippen molar-refractivity contribution in [2.75, 3.05) is 5.73 Å². The molecule has 5 heteroatoms. The quantitative estimate of drug-likeness (QED) is 0.754. The van der Waals surface area contributed by atoms with Gasteiger partial charge in [0.05, 0.1) is 10.6 Å². The average Bonchev–Trinajstić information content (AvgIpc) is 2.98. The lowest BCUT2D eigenvalue weighted by Crippen LogP contribution is -1.81. The van der Waals surface area contributed by atoms with Gasteiger partial charge in [0, 0.05) is 15.8 Å². The summed E-state index contributed by atoms with van der Waals surface area (Å²) in [4.78, 5) is 6.82. The Morgan fingerprint density at radius 1 is 1.19 bits per heavy atom. The highest BCUT2D eigenvalue weighted by Gasteiger charge is 2.14. The van der Waals surface area contributed by atoms with Gasteiger partial charge in [0.25, 0.3) is 0 Å². The summed E-state index contributed by atoms with van der Waals surface area (Å²) in [7, 11) is 0. The van der Waals surface area contributed by atoms with Crippen molar-refractivity contribution in [3.63, 3.8) is 0 Å². The lowest BCUT2D eigenvalue weighted by Gasteiger charge is -1.95. The minimum absolute atomic E-state index is 0.629. The zero-order valence-corrected chi connectivity index (χ0v) is 10.7. The molecule has 0 atom stereocenters. The van der Waals surface area contributed by atoms with Gasteiger partial charge in [-0.1, -0.05) is 17.4 Å². The van der Waals surface area contributed by atoms with Gasteiger partial charge in [-0.2, -0.15) is 11.3 Å². The maximum atomic E-state index is 5.81. The first-order valence-corrected chi connectivity index (χ1v) is 7.31.